The Bertz CT molecular complexity index is 999. The van der Waals surface area contributed by atoms with Gasteiger partial charge in [0.25, 0.3) is 5.91 Å². The summed E-state index contributed by atoms with van der Waals surface area (Å²) in [6, 6.07) is 19.4. The van der Waals surface area contributed by atoms with Crippen LogP contribution in [-0.4, -0.2) is 54.0 Å². The highest BCUT2D eigenvalue weighted by atomic mass is 16.3. The molecule has 1 aliphatic rings. The first-order valence-electron chi connectivity index (χ1n) is 9.31. The molecule has 138 valence electrons. The monoisotopic (exact) mass is 360 g/mol. The molecule has 3 aromatic rings. The van der Waals surface area contributed by atoms with Gasteiger partial charge < -0.3 is 14.9 Å². The van der Waals surface area contributed by atoms with Gasteiger partial charge in [0.15, 0.2) is 0 Å². The predicted octanol–water partition coefficient (Wildman–Crippen LogP) is 3.99. The predicted molar refractivity (Wildman–Crippen MR) is 109 cm³/mol. The van der Waals surface area contributed by atoms with Crippen molar-refractivity contribution in [2.45, 2.75) is 12.5 Å². The van der Waals surface area contributed by atoms with Crippen LogP contribution in [0.2, 0.25) is 0 Å². The fraction of sp³-hybridized carbons (Fsp3) is 0.261. The number of phenolic OH excluding ortho intramolecular Hbond substituents is 1. The second kappa shape index (κ2) is 7.05. The van der Waals surface area contributed by atoms with Gasteiger partial charge in [-0.05, 0) is 60.1 Å². The summed E-state index contributed by atoms with van der Waals surface area (Å²) in [6.45, 7) is 1.95. The first-order valence-corrected chi connectivity index (χ1v) is 9.31. The van der Waals surface area contributed by atoms with E-state index in [-0.39, 0.29) is 17.7 Å². The van der Waals surface area contributed by atoms with Gasteiger partial charge in [0, 0.05) is 25.2 Å². The second-order valence-electron chi connectivity index (χ2n) is 7.38. The zero-order valence-corrected chi connectivity index (χ0v) is 15.7. The number of phenols is 1. The Morgan fingerprint density at radius 1 is 1.07 bits per heavy atom. The minimum atomic E-state index is 0.0639. The number of rotatable bonds is 3. The van der Waals surface area contributed by atoms with Crippen LogP contribution in [0.4, 0.5) is 0 Å². The molecule has 3 aromatic carbocycles. The summed E-state index contributed by atoms with van der Waals surface area (Å²) in [6.07, 6.45) is 1.01. The highest BCUT2D eigenvalue weighted by Crippen LogP contribution is 2.33. The number of hydrogen-bond acceptors (Lipinski definition) is 3. The van der Waals surface area contributed by atoms with Crippen molar-refractivity contribution in [1.82, 2.24) is 9.80 Å². The molecule has 27 heavy (non-hydrogen) atoms. The Morgan fingerprint density at radius 3 is 2.56 bits per heavy atom. The van der Waals surface area contributed by atoms with Gasteiger partial charge in [-0.1, -0.05) is 42.5 Å². The van der Waals surface area contributed by atoms with Gasteiger partial charge in [-0.15, -0.1) is 0 Å². The number of carbonyl (C=O) groups is 1. The van der Waals surface area contributed by atoms with Gasteiger partial charge >= 0.3 is 0 Å². The lowest BCUT2D eigenvalue weighted by Crippen LogP contribution is -2.38. The summed E-state index contributed by atoms with van der Waals surface area (Å²) in [5.41, 5.74) is 2.68. The number of benzene rings is 3. The molecule has 1 heterocycles. The SMILES string of the molecule is CN1CCC(N(C)C(=O)c2ccc(-c3cccc(O)c3)c3ccccc23)C1. The summed E-state index contributed by atoms with van der Waals surface area (Å²) >= 11 is 0. The number of aromatic hydroxyl groups is 1. The first kappa shape index (κ1) is 17.6. The molecule has 1 fully saturated rings. The molecule has 0 aliphatic carbocycles. The number of carbonyl (C=O) groups excluding carboxylic acids is 1. The van der Waals surface area contributed by atoms with Crippen molar-refractivity contribution in [3.05, 3.63) is 66.2 Å². The molecule has 1 N–H and O–H groups in total. The minimum Gasteiger partial charge on any atom is -0.508 e. The third-order valence-electron chi connectivity index (χ3n) is 5.55. The van der Waals surface area contributed by atoms with Crippen molar-refractivity contribution in [2.75, 3.05) is 27.2 Å². The fourth-order valence-corrected chi connectivity index (χ4v) is 3.99. The Kier molecular flexibility index (Phi) is 4.58. The van der Waals surface area contributed by atoms with Gasteiger partial charge in [0.1, 0.15) is 5.75 Å². The molecule has 0 spiro atoms. The number of likely N-dealkylation sites (N-methyl/N-ethyl adjacent to an activating group) is 2. The van der Waals surface area contributed by atoms with Crippen molar-refractivity contribution in [3.8, 4) is 16.9 Å². The van der Waals surface area contributed by atoms with Crippen molar-refractivity contribution in [1.29, 1.82) is 0 Å². The smallest absolute Gasteiger partial charge is 0.254 e. The van der Waals surface area contributed by atoms with E-state index in [9.17, 15) is 9.90 Å². The maximum atomic E-state index is 13.2. The number of fused-ring (bicyclic) bond motifs is 1. The van der Waals surface area contributed by atoms with Crippen molar-refractivity contribution in [3.63, 3.8) is 0 Å². The molecular formula is C23H24N2O2. The van der Waals surface area contributed by atoms with Crippen LogP contribution in [0.3, 0.4) is 0 Å². The van der Waals surface area contributed by atoms with E-state index in [1.54, 1.807) is 12.1 Å². The number of nitrogens with zero attached hydrogens (tertiary/aromatic N) is 2. The Labute approximate surface area is 159 Å². The molecule has 4 rings (SSSR count). The van der Waals surface area contributed by atoms with Crippen LogP contribution in [0, 0.1) is 0 Å². The van der Waals surface area contributed by atoms with Gasteiger partial charge in [0.2, 0.25) is 0 Å². The molecule has 1 saturated heterocycles. The molecule has 0 bridgehead atoms. The van der Waals surface area contributed by atoms with Crippen LogP contribution >= 0.6 is 0 Å². The molecule has 1 atom stereocenters. The van der Waals surface area contributed by atoms with Crippen LogP contribution < -0.4 is 0 Å². The number of hydrogen-bond donors (Lipinski definition) is 1. The molecule has 1 amide bonds. The van der Waals surface area contributed by atoms with E-state index in [2.05, 4.69) is 11.9 Å². The van der Waals surface area contributed by atoms with E-state index in [4.69, 9.17) is 0 Å². The summed E-state index contributed by atoms with van der Waals surface area (Å²) in [4.78, 5) is 17.4. The quantitative estimate of drug-likeness (QED) is 0.768. The second-order valence-corrected chi connectivity index (χ2v) is 7.38. The lowest BCUT2D eigenvalue weighted by Gasteiger charge is -2.25. The molecule has 0 aromatic heterocycles. The third kappa shape index (κ3) is 3.28. The van der Waals surface area contributed by atoms with E-state index in [1.165, 1.54) is 0 Å². The van der Waals surface area contributed by atoms with E-state index in [0.717, 1.165) is 47.0 Å². The summed E-state index contributed by atoms with van der Waals surface area (Å²) < 4.78 is 0. The van der Waals surface area contributed by atoms with Crippen LogP contribution in [0.1, 0.15) is 16.8 Å². The minimum absolute atomic E-state index is 0.0639. The molecule has 1 unspecified atom stereocenters. The number of likely N-dealkylation sites (tertiary alicyclic amines) is 1. The van der Waals surface area contributed by atoms with E-state index in [1.807, 2.05) is 60.5 Å². The molecule has 0 radical (unpaired) electrons. The standard InChI is InChI=1S/C23H24N2O2/c1-24-13-12-17(15-24)25(2)23(27)22-11-10-19(16-6-5-7-18(26)14-16)20-8-3-4-9-21(20)22/h3-11,14,17,26H,12-13,15H2,1-2H3. The van der Waals surface area contributed by atoms with Crippen LogP contribution in [0.25, 0.3) is 21.9 Å². The fourth-order valence-electron chi connectivity index (χ4n) is 3.99. The van der Waals surface area contributed by atoms with Gasteiger partial charge in [-0.3, -0.25) is 4.79 Å². The Morgan fingerprint density at radius 2 is 1.85 bits per heavy atom. The average molecular weight is 360 g/mol. The van der Waals surface area contributed by atoms with E-state index < -0.39 is 0 Å². The Hall–Kier alpha value is -2.85. The maximum absolute atomic E-state index is 13.2. The largest absolute Gasteiger partial charge is 0.508 e. The summed E-state index contributed by atoms with van der Waals surface area (Å²) in [7, 11) is 4.00. The molecule has 4 nitrogen and oxygen atoms in total. The molecule has 1 aliphatic heterocycles. The van der Waals surface area contributed by atoms with Crippen LogP contribution in [0.5, 0.6) is 5.75 Å². The van der Waals surface area contributed by atoms with E-state index >= 15 is 0 Å². The molecule has 4 heteroatoms. The Balaban J connectivity index is 1.77. The lowest BCUT2D eigenvalue weighted by atomic mass is 9.94. The maximum Gasteiger partial charge on any atom is 0.254 e. The zero-order valence-electron chi connectivity index (χ0n) is 15.7. The average Bonchev–Trinajstić information content (AvgIpc) is 3.12. The highest BCUT2D eigenvalue weighted by Gasteiger charge is 2.28. The van der Waals surface area contributed by atoms with Crippen LogP contribution in [-0.2, 0) is 0 Å². The molecular weight excluding hydrogens is 336 g/mol. The first-order chi connectivity index (χ1) is 13.0. The highest BCUT2D eigenvalue weighted by molar-refractivity contribution is 6.11. The van der Waals surface area contributed by atoms with Crippen molar-refractivity contribution >= 4 is 16.7 Å². The summed E-state index contributed by atoms with van der Waals surface area (Å²) in [5, 5.41) is 11.8. The zero-order chi connectivity index (χ0) is 19.0. The van der Waals surface area contributed by atoms with Gasteiger partial charge in [-0.25, -0.2) is 0 Å². The topological polar surface area (TPSA) is 43.8 Å². The van der Waals surface area contributed by atoms with Gasteiger partial charge in [-0.2, -0.15) is 0 Å². The van der Waals surface area contributed by atoms with Crippen molar-refractivity contribution < 1.29 is 9.90 Å². The van der Waals surface area contributed by atoms with Crippen molar-refractivity contribution in [2.24, 2.45) is 0 Å². The third-order valence-corrected chi connectivity index (χ3v) is 5.55. The number of amides is 1. The van der Waals surface area contributed by atoms with Gasteiger partial charge in [0.05, 0.1) is 0 Å². The normalized spacial score (nSPS) is 17.3. The van der Waals surface area contributed by atoms with Crippen LogP contribution in [0.15, 0.2) is 60.7 Å². The summed E-state index contributed by atoms with van der Waals surface area (Å²) in [5.74, 6) is 0.302. The lowest BCUT2D eigenvalue weighted by molar-refractivity contribution is 0.0739. The van der Waals surface area contributed by atoms with E-state index in [0.29, 0.717) is 0 Å². The molecule has 0 saturated carbocycles.